The van der Waals surface area contributed by atoms with E-state index in [1.165, 1.54) is 18.5 Å². The predicted molar refractivity (Wildman–Crippen MR) is 140 cm³/mol. The maximum absolute atomic E-state index is 13.4. The minimum Gasteiger partial charge on any atom is -0.487 e. The van der Waals surface area contributed by atoms with Crippen molar-refractivity contribution in [1.82, 2.24) is 14.7 Å². The molecule has 188 valence electrons. The Morgan fingerprint density at radius 3 is 2.70 bits per heavy atom. The minimum atomic E-state index is -2.71. The topological polar surface area (TPSA) is 106 Å². The number of rotatable bonds is 9. The molecule has 0 bridgehead atoms. The lowest BCUT2D eigenvalue weighted by atomic mass is 10.1. The summed E-state index contributed by atoms with van der Waals surface area (Å²) in [6, 6.07) is 20.5. The summed E-state index contributed by atoms with van der Waals surface area (Å²) in [7, 11) is -2.71. The molecule has 0 amide bonds. The third-order valence-electron chi connectivity index (χ3n) is 5.44. The van der Waals surface area contributed by atoms with E-state index in [1.807, 2.05) is 18.2 Å². The molecule has 2 N–H and O–H groups in total. The van der Waals surface area contributed by atoms with Gasteiger partial charge in [0.2, 0.25) is 10.9 Å². The summed E-state index contributed by atoms with van der Waals surface area (Å²) >= 11 is 6.44. The van der Waals surface area contributed by atoms with Crippen LogP contribution in [0, 0.1) is 5.82 Å². The number of furan rings is 1. The number of nitrogens with one attached hydrogen (secondary N) is 2. The van der Waals surface area contributed by atoms with E-state index < -0.39 is 10.9 Å². The fourth-order valence-electron chi connectivity index (χ4n) is 3.70. The number of anilines is 2. The molecule has 0 saturated heterocycles. The number of thiol groups is 1. The molecule has 2 heterocycles. The maximum atomic E-state index is 13.4. The first-order valence-corrected chi connectivity index (χ1v) is 12.7. The van der Waals surface area contributed by atoms with Gasteiger partial charge < -0.3 is 14.5 Å². The van der Waals surface area contributed by atoms with Gasteiger partial charge in [0.15, 0.2) is 0 Å². The summed E-state index contributed by atoms with van der Waals surface area (Å²) in [5.74, 6) is 1.78. The Morgan fingerprint density at radius 1 is 1.00 bits per heavy atom. The molecular formula is C26H20ClFN4O4S. The third-order valence-corrected chi connectivity index (χ3v) is 6.15. The molecule has 0 aliphatic rings. The molecule has 0 atom stereocenters. The van der Waals surface area contributed by atoms with Crippen LogP contribution in [0.5, 0.6) is 5.75 Å². The van der Waals surface area contributed by atoms with Gasteiger partial charge in [-0.05, 0) is 66.2 Å². The average Bonchev–Trinajstić information content (AvgIpc) is 3.36. The molecule has 8 nitrogen and oxygen atoms in total. The van der Waals surface area contributed by atoms with Gasteiger partial charge >= 0.3 is 0 Å². The molecular weight excluding hydrogens is 519 g/mol. The van der Waals surface area contributed by atoms with Crippen molar-refractivity contribution in [3.63, 3.8) is 0 Å². The van der Waals surface area contributed by atoms with Crippen LogP contribution in [0.2, 0.25) is 5.02 Å². The molecule has 5 aromatic rings. The first kappa shape index (κ1) is 24.7. The number of halogens is 2. The van der Waals surface area contributed by atoms with Crippen LogP contribution in [0.3, 0.4) is 0 Å². The SMILES string of the molecule is O=[SH](=O)NCc1ccc(-c2ccc3ncnc(Nc4ccc(OCc5cccc(F)c5)c(Cl)c4)c3c2)o1. The van der Waals surface area contributed by atoms with E-state index in [0.29, 0.717) is 39.4 Å². The Bertz CT molecular complexity index is 1650. The van der Waals surface area contributed by atoms with E-state index in [9.17, 15) is 12.8 Å². The van der Waals surface area contributed by atoms with Crippen LogP contribution in [0.4, 0.5) is 15.9 Å². The van der Waals surface area contributed by atoms with Gasteiger partial charge in [-0.1, -0.05) is 23.7 Å². The highest BCUT2D eigenvalue weighted by molar-refractivity contribution is 7.70. The fourth-order valence-corrected chi connectivity index (χ4v) is 4.22. The smallest absolute Gasteiger partial charge is 0.201 e. The number of ether oxygens (including phenoxy) is 1. The lowest BCUT2D eigenvalue weighted by Crippen LogP contribution is -2.09. The zero-order chi connectivity index (χ0) is 25.8. The number of hydrogen-bond donors (Lipinski definition) is 3. The molecule has 0 aliphatic heterocycles. The largest absolute Gasteiger partial charge is 0.487 e. The molecule has 2 aromatic heterocycles. The number of aromatic nitrogens is 2. The first-order valence-electron chi connectivity index (χ1n) is 11.1. The molecule has 0 fully saturated rings. The Hall–Kier alpha value is -3.99. The second-order valence-corrected chi connectivity index (χ2v) is 9.24. The van der Waals surface area contributed by atoms with Gasteiger partial charge in [-0.25, -0.2) is 27.5 Å². The van der Waals surface area contributed by atoms with Crippen LogP contribution >= 0.6 is 11.6 Å². The number of fused-ring (bicyclic) bond motifs is 1. The van der Waals surface area contributed by atoms with Crippen molar-refractivity contribution in [2.45, 2.75) is 13.2 Å². The molecule has 0 unspecified atom stereocenters. The Balaban J connectivity index is 1.35. The summed E-state index contributed by atoms with van der Waals surface area (Å²) in [5.41, 5.74) is 2.88. The molecule has 11 heteroatoms. The standard InChI is InChI=1S/C26H20ClFN4O4S/c27-22-12-19(5-8-25(22)35-14-16-2-1-3-18(28)10-16)32-26-21-11-17(4-7-23(21)29-15-30-26)24-9-6-20(36-24)13-31-37(33)34/h1-12,15,37H,13-14H2,(H,29,30,32)(H,31,33,34). The van der Waals surface area contributed by atoms with E-state index in [0.717, 1.165) is 16.5 Å². The van der Waals surface area contributed by atoms with Gasteiger partial charge in [0.05, 0.1) is 17.1 Å². The van der Waals surface area contributed by atoms with Crippen molar-refractivity contribution in [2.24, 2.45) is 0 Å². The van der Waals surface area contributed by atoms with Crippen molar-refractivity contribution >= 4 is 44.9 Å². The molecule has 3 aromatic carbocycles. The second-order valence-electron chi connectivity index (χ2n) is 8.00. The van der Waals surface area contributed by atoms with Crippen LogP contribution in [-0.4, -0.2) is 18.4 Å². The third kappa shape index (κ3) is 6.05. The van der Waals surface area contributed by atoms with Gasteiger partial charge in [0.1, 0.15) is 41.8 Å². The van der Waals surface area contributed by atoms with Crippen LogP contribution in [0.15, 0.2) is 83.5 Å². The van der Waals surface area contributed by atoms with E-state index in [4.69, 9.17) is 20.8 Å². The number of benzene rings is 3. The predicted octanol–water partition coefficient (Wildman–Crippen LogP) is 5.62. The van der Waals surface area contributed by atoms with Gasteiger partial charge in [0, 0.05) is 16.6 Å². The molecule has 0 saturated carbocycles. The fraction of sp³-hybridized carbons (Fsp3) is 0.0769. The van der Waals surface area contributed by atoms with E-state index in [-0.39, 0.29) is 19.0 Å². The Labute approximate surface area is 218 Å². The zero-order valence-electron chi connectivity index (χ0n) is 19.2. The molecule has 5 rings (SSSR count). The summed E-state index contributed by atoms with van der Waals surface area (Å²) in [6.07, 6.45) is 1.46. The summed E-state index contributed by atoms with van der Waals surface area (Å²) in [5, 5.41) is 4.40. The van der Waals surface area contributed by atoms with Crippen molar-refractivity contribution in [1.29, 1.82) is 0 Å². The molecule has 0 radical (unpaired) electrons. The van der Waals surface area contributed by atoms with Crippen LogP contribution in [-0.2, 0) is 24.0 Å². The normalized spacial score (nSPS) is 11.2. The Morgan fingerprint density at radius 2 is 1.89 bits per heavy atom. The van der Waals surface area contributed by atoms with E-state index in [2.05, 4.69) is 20.0 Å². The quantitative estimate of drug-likeness (QED) is 0.209. The summed E-state index contributed by atoms with van der Waals surface area (Å²) < 4.78 is 48.8. The Kier molecular flexibility index (Phi) is 7.31. The lowest BCUT2D eigenvalue weighted by molar-refractivity contribution is 0.306. The van der Waals surface area contributed by atoms with Gasteiger partial charge in [-0.3, -0.25) is 0 Å². The van der Waals surface area contributed by atoms with Gasteiger partial charge in [-0.2, -0.15) is 0 Å². The first-order chi connectivity index (χ1) is 17.9. The average molecular weight is 539 g/mol. The van der Waals surface area contributed by atoms with Crippen LogP contribution in [0.25, 0.3) is 22.2 Å². The van der Waals surface area contributed by atoms with Crippen LogP contribution < -0.4 is 14.8 Å². The monoisotopic (exact) mass is 538 g/mol. The second kappa shape index (κ2) is 11.0. The minimum absolute atomic E-state index is 0.0743. The van der Waals surface area contributed by atoms with Crippen molar-refractivity contribution < 1.29 is 22.0 Å². The lowest BCUT2D eigenvalue weighted by Gasteiger charge is -2.12. The maximum Gasteiger partial charge on any atom is 0.201 e. The number of nitrogens with zero attached hydrogens (tertiary/aromatic N) is 2. The van der Waals surface area contributed by atoms with E-state index >= 15 is 0 Å². The molecule has 0 aliphatic carbocycles. The highest BCUT2D eigenvalue weighted by Crippen LogP contribution is 2.32. The van der Waals surface area contributed by atoms with Crippen molar-refractivity contribution in [2.75, 3.05) is 5.32 Å². The zero-order valence-corrected chi connectivity index (χ0v) is 20.8. The molecule has 0 spiro atoms. The van der Waals surface area contributed by atoms with Crippen molar-refractivity contribution in [3.8, 4) is 17.1 Å². The highest BCUT2D eigenvalue weighted by Gasteiger charge is 2.11. The molecule has 37 heavy (non-hydrogen) atoms. The highest BCUT2D eigenvalue weighted by atomic mass is 35.5. The summed E-state index contributed by atoms with van der Waals surface area (Å²) in [6.45, 7) is 0.258. The van der Waals surface area contributed by atoms with Gasteiger partial charge in [0.25, 0.3) is 0 Å². The van der Waals surface area contributed by atoms with E-state index in [1.54, 1.807) is 42.5 Å². The van der Waals surface area contributed by atoms with Crippen molar-refractivity contribution in [3.05, 3.63) is 101 Å². The van der Waals surface area contributed by atoms with Crippen LogP contribution in [0.1, 0.15) is 11.3 Å². The number of hydrogen-bond acceptors (Lipinski definition) is 7. The summed E-state index contributed by atoms with van der Waals surface area (Å²) in [4.78, 5) is 8.72. The van der Waals surface area contributed by atoms with Gasteiger partial charge in [-0.15, -0.1) is 0 Å².